The van der Waals surface area contributed by atoms with Crippen molar-refractivity contribution in [3.63, 3.8) is 0 Å². The van der Waals surface area contributed by atoms with E-state index in [-0.39, 0.29) is 11.2 Å². The molecule has 1 aromatic rings. The molecule has 3 heteroatoms. The Morgan fingerprint density at radius 2 is 1.62 bits per heavy atom. The first-order chi connectivity index (χ1) is 5.84. The third-order valence-corrected chi connectivity index (χ3v) is 4.03. The summed E-state index contributed by atoms with van der Waals surface area (Å²) in [5, 5.41) is 9.41. The van der Waals surface area contributed by atoms with Crippen molar-refractivity contribution in [3.8, 4) is 5.75 Å². The summed E-state index contributed by atoms with van der Waals surface area (Å²) < 4.78 is 1.65. The first-order valence-corrected chi connectivity index (χ1v) is 5.60. The van der Waals surface area contributed by atoms with Crippen LogP contribution in [0.1, 0.15) is 26.3 Å². The molecule has 0 heterocycles. The largest absolute Gasteiger partial charge is 0.507 e. The Hall–Kier alpha value is -0.0200. The van der Waals surface area contributed by atoms with E-state index in [4.69, 9.17) is 0 Å². The molecular formula is C10H12Br2O. The lowest BCUT2D eigenvalue weighted by atomic mass is 9.87. The van der Waals surface area contributed by atoms with E-state index >= 15 is 0 Å². The van der Waals surface area contributed by atoms with Crippen LogP contribution in [0.2, 0.25) is 0 Å². The number of benzene rings is 1. The SMILES string of the molecule is CC(C)(C)c1ccc(O)c(Br)c1Br. The molecule has 1 nitrogen and oxygen atoms in total. The minimum absolute atomic E-state index is 0.0784. The van der Waals surface area contributed by atoms with Crippen LogP contribution in [0.25, 0.3) is 0 Å². The van der Waals surface area contributed by atoms with Crippen molar-refractivity contribution in [2.45, 2.75) is 26.2 Å². The van der Waals surface area contributed by atoms with E-state index in [9.17, 15) is 5.11 Å². The minimum atomic E-state index is 0.0784. The summed E-state index contributed by atoms with van der Waals surface area (Å²) in [5.74, 6) is 0.264. The number of rotatable bonds is 0. The molecule has 0 saturated carbocycles. The third kappa shape index (κ3) is 2.26. The number of halogens is 2. The van der Waals surface area contributed by atoms with Gasteiger partial charge >= 0.3 is 0 Å². The summed E-state index contributed by atoms with van der Waals surface area (Å²) in [6, 6.07) is 3.64. The zero-order valence-corrected chi connectivity index (χ0v) is 11.0. The fourth-order valence-electron chi connectivity index (χ4n) is 1.12. The molecule has 13 heavy (non-hydrogen) atoms. The van der Waals surface area contributed by atoms with Gasteiger partial charge in [-0.3, -0.25) is 0 Å². The molecule has 0 fully saturated rings. The Labute approximate surface area is 95.4 Å². The summed E-state index contributed by atoms with van der Waals surface area (Å²) in [5.41, 5.74) is 1.26. The first kappa shape index (κ1) is 11.1. The Morgan fingerprint density at radius 3 is 2.08 bits per heavy atom. The molecule has 0 aliphatic heterocycles. The molecule has 1 N–H and O–H groups in total. The lowest BCUT2D eigenvalue weighted by molar-refractivity contribution is 0.469. The van der Waals surface area contributed by atoms with Gasteiger partial charge in [0.1, 0.15) is 5.75 Å². The monoisotopic (exact) mass is 306 g/mol. The van der Waals surface area contributed by atoms with Crippen molar-refractivity contribution >= 4 is 31.9 Å². The second kappa shape index (κ2) is 3.62. The maximum absolute atomic E-state index is 9.41. The highest BCUT2D eigenvalue weighted by Gasteiger charge is 2.19. The second-order valence-electron chi connectivity index (χ2n) is 4.01. The number of phenols is 1. The van der Waals surface area contributed by atoms with E-state index < -0.39 is 0 Å². The van der Waals surface area contributed by atoms with Crippen LogP contribution in [0.3, 0.4) is 0 Å². The van der Waals surface area contributed by atoms with Crippen LogP contribution in [0, 0.1) is 0 Å². The van der Waals surface area contributed by atoms with Gasteiger partial charge in [0.2, 0.25) is 0 Å². The zero-order valence-electron chi connectivity index (χ0n) is 7.86. The zero-order chi connectivity index (χ0) is 10.2. The minimum Gasteiger partial charge on any atom is -0.507 e. The summed E-state index contributed by atoms with van der Waals surface area (Å²) >= 11 is 6.79. The van der Waals surface area contributed by atoms with E-state index in [0.717, 1.165) is 8.95 Å². The number of hydrogen-bond acceptors (Lipinski definition) is 1. The fraction of sp³-hybridized carbons (Fsp3) is 0.400. The maximum Gasteiger partial charge on any atom is 0.130 e. The van der Waals surface area contributed by atoms with Crippen LogP contribution >= 0.6 is 31.9 Å². The first-order valence-electron chi connectivity index (χ1n) is 4.01. The summed E-state index contributed by atoms with van der Waals surface area (Å²) in [4.78, 5) is 0. The molecule has 0 radical (unpaired) electrons. The van der Waals surface area contributed by atoms with Crippen LogP contribution in [0.4, 0.5) is 0 Å². The van der Waals surface area contributed by atoms with Crippen molar-refractivity contribution < 1.29 is 5.11 Å². The molecule has 1 aromatic carbocycles. The standard InChI is InChI=1S/C10H12Br2O/c1-10(2,3)6-4-5-7(13)9(12)8(6)11/h4-5,13H,1-3H3. The van der Waals surface area contributed by atoms with Gasteiger partial charge in [-0.1, -0.05) is 26.8 Å². The van der Waals surface area contributed by atoms with Gasteiger partial charge in [0.25, 0.3) is 0 Å². The molecule has 0 spiro atoms. The lowest BCUT2D eigenvalue weighted by Crippen LogP contribution is -2.11. The topological polar surface area (TPSA) is 20.2 Å². The van der Waals surface area contributed by atoms with E-state index in [2.05, 4.69) is 52.6 Å². The molecule has 0 aromatic heterocycles. The van der Waals surface area contributed by atoms with Gasteiger partial charge in [0.15, 0.2) is 0 Å². The predicted molar refractivity (Wildman–Crippen MR) is 62.2 cm³/mol. The molecule has 72 valence electrons. The van der Waals surface area contributed by atoms with E-state index in [0.29, 0.717) is 0 Å². The van der Waals surface area contributed by atoms with Gasteiger partial charge in [0, 0.05) is 4.47 Å². The number of aromatic hydroxyl groups is 1. The molecule has 0 unspecified atom stereocenters. The third-order valence-electron chi connectivity index (χ3n) is 1.87. The highest BCUT2D eigenvalue weighted by molar-refractivity contribution is 9.13. The van der Waals surface area contributed by atoms with Crippen LogP contribution < -0.4 is 0 Å². The number of hydrogen-bond donors (Lipinski definition) is 1. The van der Waals surface area contributed by atoms with Gasteiger partial charge in [-0.15, -0.1) is 0 Å². The summed E-state index contributed by atoms with van der Waals surface area (Å²) in [7, 11) is 0. The van der Waals surface area contributed by atoms with Crippen molar-refractivity contribution in [3.05, 3.63) is 26.6 Å². The molecule has 0 amide bonds. The normalized spacial score (nSPS) is 11.8. The van der Waals surface area contributed by atoms with Crippen LogP contribution in [0.5, 0.6) is 5.75 Å². The Bertz CT molecular complexity index is 326. The van der Waals surface area contributed by atoms with Crippen molar-refractivity contribution in [2.24, 2.45) is 0 Å². The van der Waals surface area contributed by atoms with Gasteiger partial charge in [-0.2, -0.15) is 0 Å². The lowest BCUT2D eigenvalue weighted by Gasteiger charge is -2.21. The van der Waals surface area contributed by atoms with Crippen LogP contribution in [-0.4, -0.2) is 5.11 Å². The van der Waals surface area contributed by atoms with Gasteiger partial charge in [0.05, 0.1) is 4.47 Å². The maximum atomic E-state index is 9.41. The molecule has 0 bridgehead atoms. The number of phenolic OH excluding ortho intramolecular Hbond substituents is 1. The molecular weight excluding hydrogens is 296 g/mol. The highest BCUT2D eigenvalue weighted by atomic mass is 79.9. The molecule has 1 rings (SSSR count). The van der Waals surface area contributed by atoms with E-state index in [1.807, 2.05) is 6.07 Å². The Kier molecular flexibility index (Phi) is 3.08. The molecule has 0 saturated heterocycles. The smallest absolute Gasteiger partial charge is 0.130 e. The van der Waals surface area contributed by atoms with E-state index in [1.54, 1.807) is 6.07 Å². The van der Waals surface area contributed by atoms with Crippen molar-refractivity contribution in [1.82, 2.24) is 0 Å². The summed E-state index contributed by atoms with van der Waals surface area (Å²) in [6.07, 6.45) is 0. The quantitative estimate of drug-likeness (QED) is 0.761. The average Bonchev–Trinajstić information content (AvgIpc) is 1.98. The Balaban J connectivity index is 3.35. The van der Waals surface area contributed by atoms with Crippen LogP contribution in [-0.2, 0) is 5.41 Å². The molecule has 0 aliphatic carbocycles. The molecule has 0 aliphatic rings. The highest BCUT2D eigenvalue weighted by Crippen LogP contribution is 2.39. The van der Waals surface area contributed by atoms with Gasteiger partial charge in [-0.25, -0.2) is 0 Å². The van der Waals surface area contributed by atoms with Crippen LogP contribution in [0.15, 0.2) is 21.1 Å². The summed E-state index contributed by atoms with van der Waals surface area (Å²) in [6.45, 7) is 6.41. The van der Waals surface area contributed by atoms with Gasteiger partial charge < -0.3 is 5.11 Å². The molecule has 0 atom stereocenters. The van der Waals surface area contributed by atoms with Crippen molar-refractivity contribution in [2.75, 3.05) is 0 Å². The second-order valence-corrected chi connectivity index (χ2v) is 5.60. The predicted octanol–water partition coefficient (Wildman–Crippen LogP) is 4.21. The fourth-order valence-corrected chi connectivity index (χ4v) is 2.39. The van der Waals surface area contributed by atoms with E-state index in [1.165, 1.54) is 5.56 Å². The Morgan fingerprint density at radius 1 is 1.08 bits per heavy atom. The van der Waals surface area contributed by atoms with Gasteiger partial charge in [-0.05, 0) is 48.9 Å². The average molecular weight is 308 g/mol. The van der Waals surface area contributed by atoms with Crippen molar-refractivity contribution in [1.29, 1.82) is 0 Å².